The van der Waals surface area contributed by atoms with E-state index in [-0.39, 0.29) is 5.25 Å². The van der Waals surface area contributed by atoms with E-state index in [4.69, 9.17) is 0 Å². The summed E-state index contributed by atoms with van der Waals surface area (Å²) in [6, 6.07) is 0. The molecule has 1 unspecified atom stereocenters. The number of nitrogens with zero attached hydrogens (tertiary/aromatic N) is 6. The lowest BCUT2D eigenvalue weighted by Crippen LogP contribution is -2.49. The van der Waals surface area contributed by atoms with Crippen LogP contribution in [0, 0.1) is 0 Å². The summed E-state index contributed by atoms with van der Waals surface area (Å²) in [6.45, 7) is 4.07. The fourth-order valence-electron chi connectivity index (χ4n) is 3.47. The lowest BCUT2D eigenvalue weighted by atomic mass is 10.2. The molecule has 0 bridgehead atoms. The van der Waals surface area contributed by atoms with Gasteiger partial charge in [0.15, 0.2) is 21.3 Å². The Labute approximate surface area is 135 Å². The van der Waals surface area contributed by atoms with Crippen LogP contribution < -0.4 is 4.90 Å². The largest absolute Gasteiger partial charge is 0.353 e. The summed E-state index contributed by atoms with van der Waals surface area (Å²) in [6.07, 6.45) is 6.65. The molecule has 2 aromatic heterocycles. The van der Waals surface area contributed by atoms with Crippen molar-refractivity contribution in [3.05, 3.63) is 18.7 Å². The minimum atomic E-state index is -2.86. The zero-order valence-electron chi connectivity index (χ0n) is 12.9. The van der Waals surface area contributed by atoms with Crippen LogP contribution in [0.3, 0.4) is 0 Å². The first-order valence-electron chi connectivity index (χ1n) is 7.96. The minimum absolute atomic E-state index is 0.172. The van der Waals surface area contributed by atoms with Gasteiger partial charge in [0.25, 0.3) is 0 Å². The van der Waals surface area contributed by atoms with E-state index in [9.17, 15) is 8.42 Å². The maximum absolute atomic E-state index is 12.0. The van der Waals surface area contributed by atoms with E-state index in [0.29, 0.717) is 12.3 Å². The van der Waals surface area contributed by atoms with Crippen LogP contribution in [0.15, 0.2) is 18.7 Å². The smallest absolute Gasteiger partial charge is 0.175 e. The predicted octanol–water partition coefficient (Wildman–Crippen LogP) is -0.176. The van der Waals surface area contributed by atoms with Crippen molar-refractivity contribution in [1.29, 1.82) is 0 Å². The van der Waals surface area contributed by atoms with Crippen LogP contribution in [0.2, 0.25) is 0 Å². The molecule has 0 radical (unpaired) electrons. The van der Waals surface area contributed by atoms with E-state index in [1.54, 1.807) is 16.9 Å². The molecule has 2 aromatic rings. The first-order valence-corrected chi connectivity index (χ1v) is 9.68. The highest BCUT2D eigenvalue weighted by atomic mass is 32.2. The monoisotopic (exact) mass is 336 g/mol. The molecule has 0 N–H and O–H groups in total. The zero-order valence-corrected chi connectivity index (χ0v) is 13.7. The number of sulfone groups is 1. The van der Waals surface area contributed by atoms with Gasteiger partial charge in [0.1, 0.15) is 6.33 Å². The lowest BCUT2D eigenvalue weighted by Gasteiger charge is -2.36. The van der Waals surface area contributed by atoms with E-state index < -0.39 is 9.84 Å². The molecule has 4 rings (SSSR count). The summed E-state index contributed by atoms with van der Waals surface area (Å²) in [5, 5.41) is 4.07. The molecular weight excluding hydrogens is 316 g/mol. The number of rotatable bonds is 3. The lowest BCUT2D eigenvalue weighted by molar-refractivity contribution is 0.254. The zero-order chi connectivity index (χ0) is 15.9. The highest BCUT2D eigenvalue weighted by molar-refractivity contribution is 7.92. The number of aromatic nitrogens is 4. The Hall–Kier alpha value is -1.74. The van der Waals surface area contributed by atoms with Gasteiger partial charge in [-0.15, -0.1) is 0 Å². The molecule has 2 saturated heterocycles. The Morgan fingerprint density at radius 1 is 1.17 bits per heavy atom. The fourth-order valence-corrected chi connectivity index (χ4v) is 5.33. The molecule has 8 nitrogen and oxygen atoms in total. The Balaban J connectivity index is 1.42. The fraction of sp³-hybridized carbons (Fsp3) is 0.643. The third-order valence-electron chi connectivity index (χ3n) is 4.79. The van der Waals surface area contributed by atoms with Crippen molar-refractivity contribution in [2.75, 3.05) is 43.4 Å². The van der Waals surface area contributed by atoms with Crippen LogP contribution in [0.5, 0.6) is 0 Å². The highest BCUT2D eigenvalue weighted by Gasteiger charge is 2.33. The quantitative estimate of drug-likeness (QED) is 0.769. The molecule has 0 aromatic carbocycles. The van der Waals surface area contributed by atoms with E-state index in [0.717, 1.165) is 50.5 Å². The molecular formula is C14H20N6O2S. The number of fused-ring (bicyclic) bond motifs is 1. The number of hydrogen-bond acceptors (Lipinski definition) is 7. The molecule has 0 spiro atoms. The van der Waals surface area contributed by atoms with E-state index >= 15 is 0 Å². The van der Waals surface area contributed by atoms with Crippen molar-refractivity contribution in [2.45, 2.75) is 18.1 Å². The van der Waals surface area contributed by atoms with Gasteiger partial charge in [-0.25, -0.2) is 13.4 Å². The van der Waals surface area contributed by atoms with Crippen molar-refractivity contribution >= 4 is 21.3 Å². The molecule has 2 aliphatic heterocycles. The summed E-state index contributed by atoms with van der Waals surface area (Å²) in [7, 11) is -2.86. The van der Waals surface area contributed by atoms with Crippen LogP contribution >= 0.6 is 0 Å². The standard InChI is InChI=1S/C14H20N6O2S/c21-23(22)7-1-2-12(23)10-18-3-5-19(6-4-18)14-9-15-8-13-16-11-17-20(13)14/h8-9,11-12H,1-7,10H2. The molecule has 2 fully saturated rings. The van der Waals surface area contributed by atoms with Crippen molar-refractivity contribution < 1.29 is 8.42 Å². The van der Waals surface area contributed by atoms with Gasteiger partial charge >= 0.3 is 0 Å². The Kier molecular flexibility index (Phi) is 3.68. The minimum Gasteiger partial charge on any atom is -0.353 e. The van der Waals surface area contributed by atoms with Gasteiger partial charge < -0.3 is 4.90 Å². The highest BCUT2D eigenvalue weighted by Crippen LogP contribution is 2.22. The molecule has 23 heavy (non-hydrogen) atoms. The van der Waals surface area contributed by atoms with Gasteiger partial charge in [0.2, 0.25) is 0 Å². The molecule has 0 saturated carbocycles. The van der Waals surface area contributed by atoms with E-state index in [2.05, 4.69) is 24.9 Å². The van der Waals surface area contributed by atoms with E-state index in [1.807, 2.05) is 0 Å². The first-order chi connectivity index (χ1) is 11.1. The van der Waals surface area contributed by atoms with Crippen molar-refractivity contribution in [3.63, 3.8) is 0 Å². The van der Waals surface area contributed by atoms with Gasteiger partial charge in [0, 0.05) is 32.7 Å². The number of piperazine rings is 1. The summed E-state index contributed by atoms with van der Waals surface area (Å²) in [5.74, 6) is 1.30. The summed E-state index contributed by atoms with van der Waals surface area (Å²) in [5.41, 5.74) is 0.738. The summed E-state index contributed by atoms with van der Waals surface area (Å²) < 4.78 is 25.7. The Morgan fingerprint density at radius 3 is 2.74 bits per heavy atom. The van der Waals surface area contributed by atoms with Crippen LogP contribution in [0.4, 0.5) is 5.82 Å². The maximum atomic E-state index is 12.0. The van der Waals surface area contributed by atoms with Gasteiger partial charge in [-0.3, -0.25) is 9.88 Å². The average Bonchev–Trinajstić information content (AvgIpc) is 3.14. The SMILES string of the molecule is O=S1(=O)CCCC1CN1CCN(c2cncc3ncnn23)CC1. The van der Waals surface area contributed by atoms with Crippen molar-refractivity contribution in [1.82, 2.24) is 24.5 Å². The normalized spacial score (nSPS) is 25.2. The van der Waals surface area contributed by atoms with Gasteiger partial charge in [0.05, 0.1) is 23.4 Å². The molecule has 0 aliphatic carbocycles. The van der Waals surface area contributed by atoms with Crippen LogP contribution in [0.1, 0.15) is 12.8 Å². The van der Waals surface area contributed by atoms with Crippen molar-refractivity contribution in [3.8, 4) is 0 Å². The topological polar surface area (TPSA) is 83.7 Å². The van der Waals surface area contributed by atoms with Gasteiger partial charge in [-0.05, 0) is 12.8 Å². The second kappa shape index (κ2) is 5.72. The molecule has 1 atom stereocenters. The van der Waals surface area contributed by atoms with Crippen molar-refractivity contribution in [2.24, 2.45) is 0 Å². The Bertz CT molecular complexity index is 796. The van der Waals surface area contributed by atoms with E-state index in [1.165, 1.54) is 6.33 Å². The first kappa shape index (κ1) is 14.8. The number of anilines is 1. The second-order valence-electron chi connectivity index (χ2n) is 6.21. The third kappa shape index (κ3) is 2.78. The van der Waals surface area contributed by atoms with Gasteiger partial charge in [-0.2, -0.15) is 9.61 Å². The Morgan fingerprint density at radius 2 is 2.00 bits per heavy atom. The molecule has 124 valence electrons. The van der Waals surface area contributed by atoms with Crippen LogP contribution in [-0.4, -0.2) is 76.6 Å². The summed E-state index contributed by atoms with van der Waals surface area (Å²) in [4.78, 5) is 12.9. The predicted molar refractivity (Wildman–Crippen MR) is 86.2 cm³/mol. The summed E-state index contributed by atoms with van der Waals surface area (Å²) >= 11 is 0. The van der Waals surface area contributed by atoms with Gasteiger partial charge in [-0.1, -0.05) is 0 Å². The molecule has 4 heterocycles. The average molecular weight is 336 g/mol. The van der Waals surface area contributed by atoms with Crippen LogP contribution in [0.25, 0.3) is 5.65 Å². The molecule has 0 amide bonds. The molecule has 9 heteroatoms. The second-order valence-corrected chi connectivity index (χ2v) is 8.62. The third-order valence-corrected chi connectivity index (χ3v) is 7.05. The molecule has 2 aliphatic rings. The van der Waals surface area contributed by atoms with Crippen LogP contribution in [-0.2, 0) is 9.84 Å². The number of hydrogen-bond donors (Lipinski definition) is 0. The maximum Gasteiger partial charge on any atom is 0.175 e.